The van der Waals surface area contributed by atoms with E-state index in [9.17, 15) is 9.90 Å². The summed E-state index contributed by atoms with van der Waals surface area (Å²) >= 11 is 0. The second-order valence-corrected chi connectivity index (χ2v) is 6.66. The number of carboxylic acid groups (broad SMARTS) is 1. The van der Waals surface area contributed by atoms with Gasteiger partial charge in [-0.25, -0.2) is 4.79 Å². The van der Waals surface area contributed by atoms with Gasteiger partial charge in [0.15, 0.2) is 0 Å². The lowest BCUT2D eigenvalue weighted by molar-refractivity contribution is -0.0184. The molecule has 5 nitrogen and oxygen atoms in total. The number of nitrogen functional groups attached to an aromatic ring is 1. The number of amides is 1. The summed E-state index contributed by atoms with van der Waals surface area (Å²) in [5.74, 6) is 0.696. The second-order valence-electron chi connectivity index (χ2n) is 6.66. The number of piperidine rings is 1. The lowest BCUT2D eigenvalue weighted by Gasteiger charge is -2.46. The molecule has 0 bridgehead atoms. The van der Waals surface area contributed by atoms with Gasteiger partial charge in [-0.05, 0) is 30.4 Å². The Kier molecular flexibility index (Phi) is 4.30. The molecule has 1 aromatic rings. The van der Waals surface area contributed by atoms with Gasteiger partial charge >= 0.3 is 6.09 Å². The third-order valence-electron chi connectivity index (χ3n) is 3.85. The van der Waals surface area contributed by atoms with Gasteiger partial charge in [0, 0.05) is 18.3 Å². The zero-order valence-electron chi connectivity index (χ0n) is 12.9. The number of hydrogen-bond donors (Lipinski definition) is 2. The van der Waals surface area contributed by atoms with Crippen molar-refractivity contribution in [3.05, 3.63) is 24.3 Å². The smallest absolute Gasteiger partial charge is 0.407 e. The zero-order valence-corrected chi connectivity index (χ0v) is 12.9. The number of likely N-dealkylation sites (tertiary alicyclic amines) is 1. The molecule has 1 aromatic carbocycles. The Labute approximate surface area is 125 Å². The molecule has 5 heteroatoms. The van der Waals surface area contributed by atoms with Crippen molar-refractivity contribution in [3.63, 3.8) is 0 Å². The predicted molar refractivity (Wildman–Crippen MR) is 82.5 cm³/mol. The number of ether oxygens (including phenoxy) is 1. The van der Waals surface area contributed by atoms with Crippen LogP contribution in [0.15, 0.2) is 24.3 Å². The number of nitrogens with two attached hydrogens (primary N) is 1. The fraction of sp³-hybridized carbons (Fsp3) is 0.562. The van der Waals surface area contributed by atoms with Gasteiger partial charge in [0.1, 0.15) is 11.9 Å². The van der Waals surface area contributed by atoms with Crippen LogP contribution in [0.4, 0.5) is 10.5 Å². The number of anilines is 1. The molecular formula is C16H24N2O3. The molecule has 0 radical (unpaired) electrons. The highest BCUT2D eigenvalue weighted by Gasteiger charge is 2.43. The number of carbonyl (C=O) groups is 1. The van der Waals surface area contributed by atoms with Crippen LogP contribution in [0.25, 0.3) is 0 Å². The number of nitrogens with zero attached hydrogens (tertiary/aromatic N) is 1. The summed E-state index contributed by atoms with van der Waals surface area (Å²) in [4.78, 5) is 13.0. The molecule has 1 fully saturated rings. The molecule has 1 amide bonds. The third kappa shape index (κ3) is 3.60. The Balaban J connectivity index is 2.25. The van der Waals surface area contributed by atoms with Crippen LogP contribution in [0.5, 0.6) is 5.75 Å². The first-order valence-corrected chi connectivity index (χ1v) is 7.31. The molecule has 1 saturated heterocycles. The highest BCUT2D eigenvalue weighted by molar-refractivity contribution is 5.66. The molecule has 0 saturated carbocycles. The topological polar surface area (TPSA) is 75.8 Å². The van der Waals surface area contributed by atoms with E-state index in [4.69, 9.17) is 10.5 Å². The Morgan fingerprint density at radius 1 is 1.43 bits per heavy atom. The molecule has 1 aliphatic rings. The maximum Gasteiger partial charge on any atom is 0.407 e. The van der Waals surface area contributed by atoms with Crippen LogP contribution in [0.3, 0.4) is 0 Å². The first-order chi connectivity index (χ1) is 9.79. The van der Waals surface area contributed by atoms with E-state index < -0.39 is 6.09 Å². The fourth-order valence-electron chi connectivity index (χ4n) is 3.09. The van der Waals surface area contributed by atoms with Crippen molar-refractivity contribution >= 4 is 11.8 Å². The third-order valence-corrected chi connectivity index (χ3v) is 3.85. The summed E-state index contributed by atoms with van der Waals surface area (Å²) < 4.78 is 6.07. The van der Waals surface area contributed by atoms with Gasteiger partial charge < -0.3 is 20.5 Å². The molecule has 3 N–H and O–H groups in total. The molecule has 2 rings (SSSR count). The van der Waals surface area contributed by atoms with E-state index >= 15 is 0 Å². The second kappa shape index (κ2) is 5.84. The summed E-state index contributed by atoms with van der Waals surface area (Å²) in [6, 6.07) is 7.10. The molecule has 0 aromatic heterocycles. The maximum absolute atomic E-state index is 11.5. The monoisotopic (exact) mass is 292 g/mol. The minimum absolute atomic E-state index is 0.156. The SMILES string of the molecule is CC(C)(C)C1C(Oc2cccc(N)c2)CCCN1C(=O)O. The normalized spacial score (nSPS) is 22.9. The van der Waals surface area contributed by atoms with Crippen LogP contribution >= 0.6 is 0 Å². The van der Waals surface area contributed by atoms with Gasteiger partial charge in [-0.1, -0.05) is 26.8 Å². The van der Waals surface area contributed by atoms with Crippen molar-refractivity contribution in [3.8, 4) is 5.75 Å². The molecule has 0 aliphatic carbocycles. The van der Waals surface area contributed by atoms with Gasteiger partial charge in [0.05, 0.1) is 6.04 Å². The average Bonchev–Trinajstić information content (AvgIpc) is 2.37. The summed E-state index contributed by atoms with van der Waals surface area (Å²) in [6.45, 7) is 6.71. The zero-order chi connectivity index (χ0) is 15.6. The number of rotatable bonds is 2. The molecule has 2 atom stereocenters. The Bertz CT molecular complexity index is 510. The first kappa shape index (κ1) is 15.5. The first-order valence-electron chi connectivity index (χ1n) is 7.31. The number of benzene rings is 1. The maximum atomic E-state index is 11.5. The quantitative estimate of drug-likeness (QED) is 0.821. The Morgan fingerprint density at radius 3 is 2.71 bits per heavy atom. The van der Waals surface area contributed by atoms with Crippen molar-refractivity contribution in [1.82, 2.24) is 4.90 Å². The summed E-state index contributed by atoms with van der Waals surface area (Å²) in [5.41, 5.74) is 6.23. The van der Waals surface area contributed by atoms with Crippen LogP contribution < -0.4 is 10.5 Å². The van der Waals surface area contributed by atoms with Crippen molar-refractivity contribution in [1.29, 1.82) is 0 Å². The Morgan fingerprint density at radius 2 is 2.14 bits per heavy atom. The summed E-state index contributed by atoms with van der Waals surface area (Å²) in [6.07, 6.45) is 0.624. The van der Waals surface area contributed by atoms with Gasteiger partial charge in [0.2, 0.25) is 0 Å². The van der Waals surface area contributed by atoms with E-state index in [1.807, 2.05) is 12.1 Å². The number of hydrogen-bond acceptors (Lipinski definition) is 3. The molecular weight excluding hydrogens is 268 g/mol. The van der Waals surface area contributed by atoms with Crippen molar-refractivity contribution in [2.24, 2.45) is 5.41 Å². The largest absolute Gasteiger partial charge is 0.488 e. The van der Waals surface area contributed by atoms with Crippen molar-refractivity contribution in [2.45, 2.75) is 45.8 Å². The van der Waals surface area contributed by atoms with Gasteiger partial charge in [-0.15, -0.1) is 0 Å². The lowest BCUT2D eigenvalue weighted by Crippen LogP contribution is -2.58. The van der Waals surface area contributed by atoms with E-state index in [2.05, 4.69) is 20.8 Å². The van der Waals surface area contributed by atoms with Gasteiger partial charge in [-0.3, -0.25) is 0 Å². The highest BCUT2D eigenvalue weighted by atomic mass is 16.5. The average molecular weight is 292 g/mol. The highest BCUT2D eigenvalue weighted by Crippen LogP contribution is 2.34. The van der Waals surface area contributed by atoms with E-state index in [1.165, 1.54) is 4.90 Å². The van der Waals surface area contributed by atoms with E-state index in [0.29, 0.717) is 18.0 Å². The minimum Gasteiger partial charge on any atom is -0.488 e. The van der Waals surface area contributed by atoms with Crippen LogP contribution in [0.2, 0.25) is 0 Å². The van der Waals surface area contributed by atoms with Gasteiger partial charge in [-0.2, -0.15) is 0 Å². The van der Waals surface area contributed by atoms with E-state index in [0.717, 1.165) is 12.8 Å². The predicted octanol–water partition coefficient (Wildman–Crippen LogP) is 3.20. The molecule has 1 heterocycles. The van der Waals surface area contributed by atoms with Crippen LogP contribution in [-0.4, -0.2) is 34.8 Å². The molecule has 2 unspecified atom stereocenters. The standard InChI is InChI=1S/C16H24N2O3/c1-16(2,3)14-13(8-5-9-18(14)15(19)20)21-12-7-4-6-11(17)10-12/h4,6-7,10,13-14H,5,8-9,17H2,1-3H3,(H,19,20). The molecule has 0 spiro atoms. The molecule has 21 heavy (non-hydrogen) atoms. The van der Waals surface area contributed by atoms with Gasteiger partial charge in [0.25, 0.3) is 0 Å². The van der Waals surface area contributed by atoms with Crippen LogP contribution in [-0.2, 0) is 0 Å². The molecule has 1 aliphatic heterocycles. The fourth-order valence-corrected chi connectivity index (χ4v) is 3.09. The van der Waals surface area contributed by atoms with E-state index in [1.54, 1.807) is 12.1 Å². The van der Waals surface area contributed by atoms with Crippen LogP contribution in [0.1, 0.15) is 33.6 Å². The minimum atomic E-state index is -0.879. The van der Waals surface area contributed by atoms with Crippen molar-refractivity contribution in [2.75, 3.05) is 12.3 Å². The Hall–Kier alpha value is -1.91. The lowest BCUT2D eigenvalue weighted by atomic mass is 9.79. The van der Waals surface area contributed by atoms with Crippen LogP contribution in [0, 0.1) is 5.41 Å². The summed E-state index contributed by atoms with van der Waals surface area (Å²) in [7, 11) is 0. The van der Waals surface area contributed by atoms with Crippen molar-refractivity contribution < 1.29 is 14.6 Å². The molecule has 116 valence electrons. The summed E-state index contributed by atoms with van der Waals surface area (Å²) in [5, 5.41) is 9.45. The van der Waals surface area contributed by atoms with E-state index in [-0.39, 0.29) is 17.6 Å².